The van der Waals surface area contributed by atoms with Crippen molar-refractivity contribution < 1.29 is 14.6 Å². The molecule has 1 heterocycles. The van der Waals surface area contributed by atoms with E-state index in [1.54, 1.807) is 0 Å². The van der Waals surface area contributed by atoms with Gasteiger partial charge in [-0.15, -0.1) is 0 Å². The van der Waals surface area contributed by atoms with Crippen molar-refractivity contribution in [3.63, 3.8) is 0 Å². The third kappa shape index (κ3) is 2.25. The Kier molecular flexibility index (Phi) is 3.51. The lowest BCUT2D eigenvalue weighted by atomic mass is 9.78. The summed E-state index contributed by atoms with van der Waals surface area (Å²) in [7, 11) is 0. The minimum absolute atomic E-state index is 0.253. The fraction of sp³-hybridized carbons (Fsp3) is 0.375. The van der Waals surface area contributed by atoms with Gasteiger partial charge in [0.2, 0.25) is 0 Å². The van der Waals surface area contributed by atoms with Crippen LogP contribution >= 0.6 is 0 Å². The minimum atomic E-state index is -1.09. The van der Waals surface area contributed by atoms with Crippen molar-refractivity contribution in [3.05, 3.63) is 59.7 Å². The number of benzene rings is 1. The van der Waals surface area contributed by atoms with Crippen LogP contribution in [0.15, 0.2) is 54.1 Å². The summed E-state index contributed by atoms with van der Waals surface area (Å²) >= 11 is 0. The lowest BCUT2D eigenvalue weighted by Crippen LogP contribution is -2.43. The molecule has 3 nitrogen and oxygen atoms in total. The smallest absolute Gasteiger partial charge is 0.147 e. The van der Waals surface area contributed by atoms with Crippen molar-refractivity contribution >= 4 is 0 Å². The van der Waals surface area contributed by atoms with Crippen molar-refractivity contribution in [2.75, 3.05) is 13.4 Å². The van der Waals surface area contributed by atoms with Gasteiger partial charge in [-0.1, -0.05) is 48.6 Å². The molecule has 1 aromatic carbocycles. The summed E-state index contributed by atoms with van der Waals surface area (Å²) in [5, 5.41) is 11.3. The highest BCUT2D eigenvalue weighted by Gasteiger charge is 2.44. The quantitative estimate of drug-likeness (QED) is 0.905. The molecule has 0 saturated carbocycles. The van der Waals surface area contributed by atoms with Crippen LogP contribution < -0.4 is 0 Å². The van der Waals surface area contributed by atoms with Crippen LogP contribution in [-0.2, 0) is 15.1 Å². The maximum Gasteiger partial charge on any atom is 0.147 e. The Morgan fingerprint density at radius 3 is 2.68 bits per heavy atom. The van der Waals surface area contributed by atoms with Crippen molar-refractivity contribution in [1.29, 1.82) is 0 Å². The first-order chi connectivity index (χ1) is 9.32. The highest BCUT2D eigenvalue weighted by Crippen LogP contribution is 2.39. The number of hydrogen-bond donors (Lipinski definition) is 1. The van der Waals surface area contributed by atoms with Crippen LogP contribution in [0, 0.1) is 0 Å². The largest absolute Gasteiger partial charge is 0.378 e. The number of ether oxygens (including phenoxy) is 2. The summed E-state index contributed by atoms with van der Waals surface area (Å²) in [6.45, 7) is 0.676. The molecule has 1 fully saturated rings. The SMILES string of the molecule is OC(C1=CC=CCC1)(c1ccccc1)C1COCO1. The molecule has 1 aliphatic carbocycles. The van der Waals surface area contributed by atoms with Gasteiger partial charge in [-0.3, -0.25) is 0 Å². The van der Waals surface area contributed by atoms with E-state index in [1.165, 1.54) is 0 Å². The van der Waals surface area contributed by atoms with E-state index in [2.05, 4.69) is 6.08 Å². The van der Waals surface area contributed by atoms with Crippen LogP contribution in [0.25, 0.3) is 0 Å². The van der Waals surface area contributed by atoms with Crippen LogP contribution in [0.2, 0.25) is 0 Å². The maximum atomic E-state index is 11.3. The second-order valence-corrected chi connectivity index (χ2v) is 4.94. The van der Waals surface area contributed by atoms with Gasteiger partial charge in [0.15, 0.2) is 0 Å². The molecule has 0 bridgehead atoms. The molecular weight excluding hydrogens is 240 g/mol. The monoisotopic (exact) mass is 258 g/mol. The van der Waals surface area contributed by atoms with Crippen LogP contribution in [0.4, 0.5) is 0 Å². The highest BCUT2D eigenvalue weighted by atomic mass is 16.7. The van der Waals surface area contributed by atoms with E-state index in [9.17, 15) is 5.11 Å². The molecule has 2 atom stereocenters. The van der Waals surface area contributed by atoms with E-state index in [4.69, 9.17) is 9.47 Å². The first kappa shape index (κ1) is 12.6. The molecule has 2 unspecified atom stereocenters. The van der Waals surface area contributed by atoms with Gasteiger partial charge >= 0.3 is 0 Å². The van der Waals surface area contributed by atoms with Crippen molar-refractivity contribution in [2.45, 2.75) is 24.5 Å². The number of hydrogen-bond acceptors (Lipinski definition) is 3. The molecule has 0 aromatic heterocycles. The van der Waals surface area contributed by atoms with Gasteiger partial charge in [-0.25, -0.2) is 0 Å². The average Bonchev–Trinajstić information content (AvgIpc) is 3.03. The van der Waals surface area contributed by atoms with Crippen molar-refractivity contribution in [1.82, 2.24) is 0 Å². The van der Waals surface area contributed by atoms with Gasteiger partial charge in [0, 0.05) is 0 Å². The van der Waals surface area contributed by atoms with Crippen LogP contribution in [0.3, 0.4) is 0 Å². The summed E-state index contributed by atoms with van der Waals surface area (Å²) < 4.78 is 10.9. The average molecular weight is 258 g/mol. The summed E-state index contributed by atoms with van der Waals surface area (Å²) in [6.07, 6.45) is 7.57. The van der Waals surface area contributed by atoms with E-state index < -0.39 is 5.60 Å². The number of allylic oxidation sites excluding steroid dienone is 3. The summed E-state index contributed by atoms with van der Waals surface area (Å²) in [5.74, 6) is 0. The molecule has 0 radical (unpaired) electrons. The Hall–Kier alpha value is -1.42. The van der Waals surface area contributed by atoms with E-state index in [1.807, 2.05) is 42.5 Å². The van der Waals surface area contributed by atoms with Crippen LogP contribution in [0.1, 0.15) is 18.4 Å². The highest BCUT2D eigenvalue weighted by molar-refractivity contribution is 5.38. The molecule has 0 amide bonds. The zero-order chi connectivity index (χ0) is 13.1. The molecule has 0 spiro atoms. The molecule has 100 valence electrons. The normalized spacial score (nSPS) is 25.9. The van der Waals surface area contributed by atoms with E-state index in [-0.39, 0.29) is 12.9 Å². The Balaban J connectivity index is 2.04. The Morgan fingerprint density at radius 1 is 1.21 bits per heavy atom. The fourth-order valence-electron chi connectivity index (χ4n) is 2.77. The number of rotatable bonds is 3. The molecular formula is C16H18O3. The van der Waals surface area contributed by atoms with Gasteiger partial charge in [0.05, 0.1) is 6.61 Å². The predicted molar refractivity (Wildman–Crippen MR) is 72.5 cm³/mol. The first-order valence-electron chi connectivity index (χ1n) is 6.65. The van der Waals surface area contributed by atoms with E-state index in [0.717, 1.165) is 24.0 Å². The van der Waals surface area contributed by atoms with E-state index >= 15 is 0 Å². The number of aliphatic hydroxyl groups is 1. The summed E-state index contributed by atoms with van der Waals surface area (Å²) in [5.41, 5.74) is 0.770. The van der Waals surface area contributed by atoms with Crippen LogP contribution in [0.5, 0.6) is 0 Å². The van der Waals surface area contributed by atoms with Crippen LogP contribution in [-0.4, -0.2) is 24.6 Å². The van der Waals surface area contributed by atoms with Crippen molar-refractivity contribution in [2.24, 2.45) is 0 Å². The zero-order valence-corrected chi connectivity index (χ0v) is 10.8. The standard InChI is InChI=1S/C16H18O3/c17-16(15-11-18-12-19-15,13-7-3-1-4-8-13)14-9-5-2-6-10-14/h1-5,7-9,15,17H,6,10-12H2. The molecule has 19 heavy (non-hydrogen) atoms. The van der Waals surface area contributed by atoms with Crippen molar-refractivity contribution in [3.8, 4) is 0 Å². The predicted octanol–water partition coefficient (Wildman–Crippen LogP) is 2.52. The van der Waals surface area contributed by atoms with Gasteiger partial charge in [0.1, 0.15) is 18.5 Å². The molecule has 2 aliphatic rings. The molecule has 1 aromatic rings. The second-order valence-electron chi connectivity index (χ2n) is 4.94. The second kappa shape index (κ2) is 5.29. The molecule has 1 aliphatic heterocycles. The molecule has 3 rings (SSSR count). The zero-order valence-electron chi connectivity index (χ0n) is 10.8. The Morgan fingerprint density at radius 2 is 2.05 bits per heavy atom. The van der Waals surface area contributed by atoms with Gasteiger partial charge in [-0.05, 0) is 24.0 Å². The fourth-order valence-corrected chi connectivity index (χ4v) is 2.77. The summed E-state index contributed by atoms with van der Waals surface area (Å²) in [6, 6.07) is 9.72. The molecule has 1 N–H and O–H groups in total. The third-order valence-electron chi connectivity index (χ3n) is 3.81. The lowest BCUT2D eigenvalue weighted by molar-refractivity contribution is -0.0654. The molecule has 1 saturated heterocycles. The summed E-state index contributed by atoms with van der Waals surface area (Å²) in [4.78, 5) is 0. The minimum Gasteiger partial charge on any atom is -0.378 e. The topological polar surface area (TPSA) is 38.7 Å². The third-order valence-corrected chi connectivity index (χ3v) is 3.81. The maximum absolute atomic E-state index is 11.3. The first-order valence-corrected chi connectivity index (χ1v) is 6.65. The molecule has 3 heteroatoms. The van der Waals surface area contributed by atoms with Gasteiger partial charge in [-0.2, -0.15) is 0 Å². The van der Waals surface area contributed by atoms with Gasteiger partial charge in [0.25, 0.3) is 0 Å². The van der Waals surface area contributed by atoms with Gasteiger partial charge < -0.3 is 14.6 Å². The van der Waals surface area contributed by atoms with E-state index in [0.29, 0.717) is 6.61 Å². The Bertz CT molecular complexity index is 486. The lowest BCUT2D eigenvalue weighted by Gasteiger charge is -2.36. The Labute approximate surface area is 113 Å².